The first-order chi connectivity index (χ1) is 8.49. The minimum Gasteiger partial charge on any atom is -0.466 e. The minimum absolute atomic E-state index is 0.175. The second kappa shape index (κ2) is 6.39. The maximum atomic E-state index is 12.8. The molecule has 6 heteroatoms. The Bertz CT molecular complexity index is 436. The molecule has 100 valence electrons. The highest BCUT2D eigenvalue weighted by molar-refractivity contribution is 5.73. The van der Waals surface area contributed by atoms with Gasteiger partial charge in [0.15, 0.2) is 0 Å². The van der Waals surface area contributed by atoms with Crippen molar-refractivity contribution >= 4 is 5.97 Å². The number of esters is 1. The summed E-state index contributed by atoms with van der Waals surface area (Å²) in [5.41, 5.74) is 6.40. The molecule has 0 aliphatic carbocycles. The van der Waals surface area contributed by atoms with Crippen LogP contribution in [0.5, 0.6) is 0 Å². The summed E-state index contributed by atoms with van der Waals surface area (Å²) >= 11 is 0. The molecule has 0 saturated heterocycles. The normalized spacial score (nSPS) is 10.8. The Morgan fingerprint density at radius 3 is 2.67 bits per heavy atom. The van der Waals surface area contributed by atoms with E-state index in [0.717, 1.165) is 0 Å². The van der Waals surface area contributed by atoms with Crippen molar-refractivity contribution in [3.8, 4) is 0 Å². The molecular formula is C12H16F2N2O2. The van der Waals surface area contributed by atoms with Crippen molar-refractivity contribution in [1.82, 2.24) is 4.98 Å². The zero-order valence-corrected chi connectivity index (χ0v) is 10.4. The lowest BCUT2D eigenvalue weighted by Crippen LogP contribution is -2.13. The van der Waals surface area contributed by atoms with Crippen LogP contribution in [0, 0.1) is 6.92 Å². The number of aryl methyl sites for hydroxylation is 1. The zero-order chi connectivity index (χ0) is 13.7. The van der Waals surface area contributed by atoms with Crippen LogP contribution in [-0.4, -0.2) is 17.6 Å². The van der Waals surface area contributed by atoms with E-state index in [1.54, 1.807) is 13.8 Å². The number of nitrogens with zero attached hydrogens (tertiary/aromatic N) is 1. The van der Waals surface area contributed by atoms with Crippen molar-refractivity contribution in [2.45, 2.75) is 33.2 Å². The van der Waals surface area contributed by atoms with Crippen molar-refractivity contribution in [1.29, 1.82) is 0 Å². The van der Waals surface area contributed by atoms with E-state index in [0.29, 0.717) is 11.3 Å². The van der Waals surface area contributed by atoms with Gasteiger partial charge >= 0.3 is 5.97 Å². The first kappa shape index (κ1) is 14.5. The summed E-state index contributed by atoms with van der Waals surface area (Å²) in [6, 6.07) is 1.50. The number of rotatable bonds is 5. The number of pyridine rings is 1. The molecule has 0 saturated carbocycles. The molecule has 1 heterocycles. The Balaban J connectivity index is 3.10. The highest BCUT2D eigenvalue weighted by Gasteiger charge is 2.19. The molecule has 4 nitrogen and oxygen atoms in total. The smallest absolute Gasteiger partial charge is 0.310 e. The van der Waals surface area contributed by atoms with E-state index in [1.807, 2.05) is 0 Å². The first-order valence-corrected chi connectivity index (χ1v) is 5.62. The van der Waals surface area contributed by atoms with Gasteiger partial charge < -0.3 is 10.5 Å². The molecule has 0 fully saturated rings. The summed E-state index contributed by atoms with van der Waals surface area (Å²) in [5, 5.41) is 0. The fourth-order valence-corrected chi connectivity index (χ4v) is 1.62. The van der Waals surface area contributed by atoms with Gasteiger partial charge in [-0.1, -0.05) is 6.07 Å². The number of hydrogen-bond donors (Lipinski definition) is 1. The fourth-order valence-electron chi connectivity index (χ4n) is 1.62. The van der Waals surface area contributed by atoms with Gasteiger partial charge in [-0.3, -0.25) is 9.78 Å². The van der Waals surface area contributed by atoms with Crippen LogP contribution < -0.4 is 5.73 Å². The molecule has 0 radical (unpaired) electrons. The summed E-state index contributed by atoms with van der Waals surface area (Å²) in [5.74, 6) is -0.548. The number of nitrogens with two attached hydrogens (primary N) is 1. The number of hydrogen-bond acceptors (Lipinski definition) is 4. The average Bonchev–Trinajstić information content (AvgIpc) is 2.30. The number of carbonyl (C=O) groups excluding carboxylic acids is 1. The van der Waals surface area contributed by atoms with E-state index < -0.39 is 12.4 Å². The Morgan fingerprint density at radius 2 is 2.17 bits per heavy atom. The maximum Gasteiger partial charge on any atom is 0.310 e. The lowest BCUT2D eigenvalue weighted by Gasteiger charge is -2.12. The van der Waals surface area contributed by atoms with Gasteiger partial charge in [-0.2, -0.15) is 0 Å². The Hall–Kier alpha value is -1.56. The Kier molecular flexibility index (Phi) is 5.15. The average molecular weight is 258 g/mol. The quantitative estimate of drug-likeness (QED) is 0.819. The highest BCUT2D eigenvalue weighted by atomic mass is 19.3. The minimum atomic E-state index is -2.72. The van der Waals surface area contributed by atoms with Crippen LogP contribution >= 0.6 is 0 Å². The molecule has 0 aromatic carbocycles. The van der Waals surface area contributed by atoms with Crippen LogP contribution in [0.25, 0.3) is 0 Å². The van der Waals surface area contributed by atoms with Crippen molar-refractivity contribution in [2.24, 2.45) is 5.73 Å². The van der Waals surface area contributed by atoms with Crippen LogP contribution in [0.3, 0.4) is 0 Å². The monoisotopic (exact) mass is 258 g/mol. The Morgan fingerprint density at radius 1 is 1.50 bits per heavy atom. The van der Waals surface area contributed by atoms with E-state index in [-0.39, 0.29) is 30.8 Å². The van der Waals surface area contributed by atoms with Crippen molar-refractivity contribution in [3.05, 3.63) is 28.6 Å². The van der Waals surface area contributed by atoms with E-state index >= 15 is 0 Å². The molecule has 2 N–H and O–H groups in total. The summed E-state index contributed by atoms with van der Waals surface area (Å²) in [7, 11) is 0. The zero-order valence-electron chi connectivity index (χ0n) is 10.4. The van der Waals surface area contributed by atoms with Gasteiger partial charge in [-0.25, -0.2) is 8.78 Å². The predicted molar refractivity (Wildman–Crippen MR) is 62.2 cm³/mol. The fraction of sp³-hybridized carbons (Fsp3) is 0.500. The molecule has 1 aromatic heterocycles. The first-order valence-electron chi connectivity index (χ1n) is 5.62. The summed E-state index contributed by atoms with van der Waals surface area (Å²) in [6.45, 7) is 3.68. The second-order valence-electron chi connectivity index (χ2n) is 3.76. The third-order valence-corrected chi connectivity index (χ3v) is 2.50. The molecule has 0 spiro atoms. The molecule has 1 aromatic rings. The summed E-state index contributed by atoms with van der Waals surface area (Å²) in [4.78, 5) is 15.2. The third-order valence-electron chi connectivity index (χ3n) is 2.50. The summed E-state index contributed by atoms with van der Waals surface area (Å²) < 4.78 is 30.4. The third kappa shape index (κ3) is 3.46. The largest absolute Gasteiger partial charge is 0.466 e. The van der Waals surface area contributed by atoms with E-state index in [4.69, 9.17) is 10.5 Å². The van der Waals surface area contributed by atoms with Gasteiger partial charge in [0.25, 0.3) is 6.43 Å². The van der Waals surface area contributed by atoms with Gasteiger partial charge in [0.2, 0.25) is 0 Å². The van der Waals surface area contributed by atoms with Crippen LogP contribution in [-0.2, 0) is 22.5 Å². The van der Waals surface area contributed by atoms with Crippen LogP contribution in [0.1, 0.15) is 35.9 Å². The standard InChI is InChI=1S/C12H16F2N2O2/c1-3-18-10(17)5-8-4-9(6-15)7(2)16-11(8)12(13)14/h4,12H,3,5-6,15H2,1-2H3. The highest BCUT2D eigenvalue weighted by Crippen LogP contribution is 2.24. The number of halogens is 2. The van der Waals surface area contributed by atoms with Gasteiger partial charge in [-0.05, 0) is 25.0 Å². The van der Waals surface area contributed by atoms with E-state index in [2.05, 4.69) is 4.98 Å². The van der Waals surface area contributed by atoms with Crippen LogP contribution in [0.15, 0.2) is 6.07 Å². The number of aromatic nitrogens is 1. The van der Waals surface area contributed by atoms with E-state index in [1.165, 1.54) is 6.07 Å². The second-order valence-corrected chi connectivity index (χ2v) is 3.76. The SMILES string of the molecule is CCOC(=O)Cc1cc(CN)c(C)nc1C(F)F. The van der Waals surface area contributed by atoms with Gasteiger partial charge in [0.1, 0.15) is 5.69 Å². The topological polar surface area (TPSA) is 65.2 Å². The van der Waals surface area contributed by atoms with Crippen LogP contribution in [0.4, 0.5) is 8.78 Å². The van der Waals surface area contributed by atoms with Gasteiger partial charge in [-0.15, -0.1) is 0 Å². The van der Waals surface area contributed by atoms with Crippen molar-refractivity contribution in [2.75, 3.05) is 6.61 Å². The molecule has 0 aliphatic rings. The number of carbonyl (C=O) groups is 1. The van der Waals surface area contributed by atoms with Gasteiger partial charge in [0, 0.05) is 12.2 Å². The number of ether oxygens (including phenoxy) is 1. The number of alkyl halides is 2. The molecule has 0 unspecified atom stereocenters. The lowest BCUT2D eigenvalue weighted by atomic mass is 10.1. The molecule has 0 atom stereocenters. The molecule has 1 rings (SSSR count). The van der Waals surface area contributed by atoms with Gasteiger partial charge in [0.05, 0.1) is 13.0 Å². The van der Waals surface area contributed by atoms with Crippen molar-refractivity contribution in [3.63, 3.8) is 0 Å². The molecule has 0 amide bonds. The predicted octanol–water partition coefficient (Wildman–Crippen LogP) is 1.89. The molecule has 18 heavy (non-hydrogen) atoms. The maximum absolute atomic E-state index is 12.8. The van der Waals surface area contributed by atoms with E-state index in [9.17, 15) is 13.6 Å². The van der Waals surface area contributed by atoms with Crippen molar-refractivity contribution < 1.29 is 18.3 Å². The molecular weight excluding hydrogens is 242 g/mol. The molecule has 0 bridgehead atoms. The Labute approximate surface area is 104 Å². The lowest BCUT2D eigenvalue weighted by molar-refractivity contribution is -0.142. The molecule has 0 aliphatic heterocycles. The summed E-state index contributed by atoms with van der Waals surface area (Å²) in [6.07, 6.45) is -2.94. The van der Waals surface area contributed by atoms with Crippen LogP contribution in [0.2, 0.25) is 0 Å².